The number of esters is 1. The van der Waals surface area contributed by atoms with Gasteiger partial charge in [0.15, 0.2) is 6.61 Å². The van der Waals surface area contributed by atoms with Crippen LogP contribution in [0.2, 0.25) is 0 Å². The summed E-state index contributed by atoms with van der Waals surface area (Å²) in [5.74, 6) is -1.29. The summed E-state index contributed by atoms with van der Waals surface area (Å²) in [5.41, 5.74) is 2.28. The molecule has 7 heteroatoms. The van der Waals surface area contributed by atoms with Gasteiger partial charge in [0.05, 0.1) is 12.6 Å². The Bertz CT molecular complexity index is 1040. The van der Waals surface area contributed by atoms with Gasteiger partial charge in [0.1, 0.15) is 10.7 Å². The van der Waals surface area contributed by atoms with Crippen molar-refractivity contribution in [2.75, 3.05) is 20.3 Å². The quantitative estimate of drug-likeness (QED) is 0.424. The van der Waals surface area contributed by atoms with Crippen LogP contribution in [0.25, 0.3) is 10.1 Å². The van der Waals surface area contributed by atoms with Crippen LogP contribution in [0, 0.1) is 19.7 Å². The van der Waals surface area contributed by atoms with E-state index in [1.807, 2.05) is 25.3 Å². The van der Waals surface area contributed by atoms with E-state index in [4.69, 9.17) is 9.47 Å². The summed E-state index contributed by atoms with van der Waals surface area (Å²) in [6.07, 6.45) is 0. The van der Waals surface area contributed by atoms with Crippen molar-refractivity contribution in [2.45, 2.75) is 26.8 Å². The summed E-state index contributed by atoms with van der Waals surface area (Å²) in [5, 5.41) is 0.376. The molecule has 0 aliphatic rings. The van der Waals surface area contributed by atoms with Gasteiger partial charge < -0.3 is 14.0 Å². The molecule has 28 heavy (non-hydrogen) atoms. The molecule has 3 rings (SSSR count). The van der Waals surface area contributed by atoms with Gasteiger partial charge in [-0.1, -0.05) is 6.07 Å². The molecule has 0 fully saturated rings. The summed E-state index contributed by atoms with van der Waals surface area (Å²) < 4.78 is 26.9. The van der Waals surface area contributed by atoms with Crippen LogP contribution >= 0.6 is 11.3 Å². The van der Waals surface area contributed by atoms with E-state index in [9.17, 15) is 14.0 Å². The first-order chi connectivity index (χ1) is 13.3. The molecular formula is C21H22FNO4S. The number of nitrogens with zero attached hydrogens (tertiary/aromatic N) is 1. The van der Waals surface area contributed by atoms with Crippen molar-refractivity contribution in [3.63, 3.8) is 0 Å². The lowest BCUT2D eigenvalue weighted by atomic mass is 10.1. The number of aryl methyl sites for hydroxylation is 1. The van der Waals surface area contributed by atoms with Crippen LogP contribution in [-0.2, 0) is 9.47 Å². The molecule has 0 spiro atoms. The van der Waals surface area contributed by atoms with Gasteiger partial charge in [-0.05, 0) is 45.0 Å². The number of ether oxygens (including phenoxy) is 2. The first-order valence-corrected chi connectivity index (χ1v) is 9.70. The number of aromatic nitrogens is 1. The fourth-order valence-corrected chi connectivity index (χ4v) is 4.43. The van der Waals surface area contributed by atoms with Crippen molar-refractivity contribution in [1.29, 1.82) is 0 Å². The largest absolute Gasteiger partial charge is 0.453 e. The van der Waals surface area contributed by atoms with Crippen LogP contribution in [0.4, 0.5) is 4.39 Å². The number of hydrogen-bond donors (Lipinski definition) is 0. The average molecular weight is 403 g/mol. The highest BCUT2D eigenvalue weighted by Gasteiger charge is 2.21. The highest BCUT2D eigenvalue weighted by atomic mass is 32.1. The number of Topliss-reactive ketones (excluding diaryl/α,β-unsaturated/α-hetero) is 1. The zero-order valence-corrected chi connectivity index (χ0v) is 17.1. The average Bonchev–Trinajstić information content (AvgIpc) is 3.21. The number of fused-ring (bicyclic) bond motifs is 1. The molecule has 1 aromatic carbocycles. The summed E-state index contributed by atoms with van der Waals surface area (Å²) in [7, 11) is 1.63. The smallest absolute Gasteiger partial charge is 0.348 e. The number of thiophene rings is 1. The number of ketones is 1. The molecule has 0 aliphatic carbocycles. The minimum absolute atomic E-state index is 0.0857. The van der Waals surface area contributed by atoms with Gasteiger partial charge in [0, 0.05) is 34.1 Å². The third-order valence-corrected chi connectivity index (χ3v) is 5.76. The number of methoxy groups -OCH3 is 1. The Labute approximate surface area is 166 Å². The van der Waals surface area contributed by atoms with Gasteiger partial charge in [0.2, 0.25) is 5.78 Å². The zero-order valence-electron chi connectivity index (χ0n) is 16.2. The maximum absolute atomic E-state index is 13.8. The molecule has 3 aromatic rings. The van der Waals surface area contributed by atoms with E-state index in [0.717, 1.165) is 22.7 Å². The predicted molar refractivity (Wildman–Crippen MR) is 107 cm³/mol. The molecule has 2 aromatic heterocycles. The van der Waals surface area contributed by atoms with Gasteiger partial charge >= 0.3 is 5.97 Å². The minimum Gasteiger partial charge on any atom is -0.453 e. The second-order valence-corrected chi connectivity index (χ2v) is 7.80. The van der Waals surface area contributed by atoms with Gasteiger partial charge in [-0.2, -0.15) is 0 Å². The van der Waals surface area contributed by atoms with Crippen LogP contribution in [0.15, 0.2) is 30.3 Å². The molecule has 148 valence electrons. The van der Waals surface area contributed by atoms with Crippen molar-refractivity contribution in [2.24, 2.45) is 0 Å². The molecule has 0 aliphatic heterocycles. The molecule has 0 bridgehead atoms. The third kappa shape index (κ3) is 3.86. The van der Waals surface area contributed by atoms with Gasteiger partial charge in [-0.3, -0.25) is 4.79 Å². The second kappa shape index (κ2) is 8.24. The van der Waals surface area contributed by atoms with Crippen molar-refractivity contribution in [3.8, 4) is 0 Å². The Morgan fingerprint density at radius 1 is 1.25 bits per heavy atom. The Morgan fingerprint density at radius 3 is 2.68 bits per heavy atom. The molecular weight excluding hydrogens is 381 g/mol. The van der Waals surface area contributed by atoms with Crippen molar-refractivity contribution in [1.82, 2.24) is 4.57 Å². The highest BCUT2D eigenvalue weighted by molar-refractivity contribution is 7.20. The van der Waals surface area contributed by atoms with Gasteiger partial charge in [-0.25, -0.2) is 9.18 Å². The van der Waals surface area contributed by atoms with Crippen LogP contribution in [0.5, 0.6) is 0 Å². The number of halogens is 1. The molecule has 0 radical (unpaired) electrons. The fourth-order valence-electron chi connectivity index (χ4n) is 3.46. The van der Waals surface area contributed by atoms with Crippen molar-refractivity contribution < 1.29 is 23.5 Å². The van der Waals surface area contributed by atoms with Gasteiger partial charge in [-0.15, -0.1) is 11.3 Å². The number of carbonyl (C=O) groups is 2. The molecule has 5 nitrogen and oxygen atoms in total. The molecule has 1 atom stereocenters. The molecule has 0 amide bonds. The molecule has 2 heterocycles. The summed E-state index contributed by atoms with van der Waals surface area (Å²) in [6, 6.07) is 8.01. The summed E-state index contributed by atoms with van der Waals surface area (Å²) >= 11 is 1.14. The second-order valence-electron chi connectivity index (χ2n) is 6.72. The topological polar surface area (TPSA) is 57.5 Å². The molecule has 0 saturated heterocycles. The van der Waals surface area contributed by atoms with E-state index in [1.54, 1.807) is 25.3 Å². The van der Waals surface area contributed by atoms with E-state index in [0.29, 0.717) is 22.3 Å². The van der Waals surface area contributed by atoms with E-state index in [1.165, 1.54) is 12.1 Å². The van der Waals surface area contributed by atoms with Crippen LogP contribution in [-0.4, -0.2) is 36.6 Å². The molecule has 0 saturated carbocycles. The summed E-state index contributed by atoms with van der Waals surface area (Å²) in [4.78, 5) is 25.2. The first-order valence-electron chi connectivity index (χ1n) is 8.89. The Balaban J connectivity index is 1.72. The SMILES string of the molecule is COCC(C)n1c(C)cc(C(=O)COC(=O)c2cc3c(F)cccc3s2)c1C. The first kappa shape index (κ1) is 20.2. The fraction of sp³-hybridized carbons (Fsp3) is 0.333. The van der Waals surface area contributed by atoms with E-state index >= 15 is 0 Å². The Kier molecular flexibility index (Phi) is 5.96. The number of rotatable bonds is 7. The lowest BCUT2D eigenvalue weighted by molar-refractivity contribution is 0.0479. The minimum atomic E-state index is -0.629. The van der Waals surface area contributed by atoms with Crippen molar-refractivity contribution >= 4 is 33.2 Å². The maximum atomic E-state index is 13.8. The van der Waals surface area contributed by atoms with Crippen LogP contribution in [0.1, 0.15) is 44.4 Å². The number of carbonyl (C=O) groups excluding carboxylic acids is 2. The standard InChI is InChI=1S/C21H22FNO4S/c1-12-8-15(14(3)23(12)13(2)10-26-4)18(24)11-27-21(25)20-9-16-17(22)6-5-7-19(16)28-20/h5-9,13H,10-11H2,1-4H3. The van der Waals surface area contributed by atoms with E-state index in [2.05, 4.69) is 0 Å². The lowest BCUT2D eigenvalue weighted by Crippen LogP contribution is -2.16. The number of benzene rings is 1. The van der Waals surface area contributed by atoms with E-state index < -0.39 is 5.97 Å². The Morgan fingerprint density at radius 2 is 2.00 bits per heavy atom. The monoisotopic (exact) mass is 403 g/mol. The predicted octanol–water partition coefficient (Wildman–Crippen LogP) is 4.71. The van der Waals surface area contributed by atoms with Gasteiger partial charge in [0.25, 0.3) is 0 Å². The zero-order chi connectivity index (χ0) is 20.4. The third-order valence-electron chi connectivity index (χ3n) is 4.68. The molecule has 0 N–H and O–H groups in total. The maximum Gasteiger partial charge on any atom is 0.348 e. The molecule has 1 unspecified atom stereocenters. The Hall–Kier alpha value is -2.51. The normalized spacial score (nSPS) is 12.3. The lowest BCUT2D eigenvalue weighted by Gasteiger charge is -2.17. The number of hydrogen-bond acceptors (Lipinski definition) is 5. The van der Waals surface area contributed by atoms with Crippen LogP contribution < -0.4 is 0 Å². The summed E-state index contributed by atoms with van der Waals surface area (Å²) in [6.45, 7) is 5.97. The van der Waals surface area contributed by atoms with E-state index in [-0.39, 0.29) is 29.1 Å². The highest BCUT2D eigenvalue weighted by Crippen LogP contribution is 2.28. The van der Waals surface area contributed by atoms with Crippen LogP contribution in [0.3, 0.4) is 0 Å². The van der Waals surface area contributed by atoms with Crippen molar-refractivity contribution in [3.05, 3.63) is 58.0 Å².